The number of hydrogen-bond acceptors (Lipinski definition) is 10. The van der Waals surface area contributed by atoms with Gasteiger partial charge in [-0.3, -0.25) is 4.79 Å². The number of nitrogen functional groups attached to an aromatic ring is 1. The van der Waals surface area contributed by atoms with Gasteiger partial charge in [0.2, 0.25) is 17.9 Å². The summed E-state index contributed by atoms with van der Waals surface area (Å²) < 4.78 is 55.6. The fourth-order valence-electron chi connectivity index (χ4n) is 5.62. The predicted octanol–water partition coefficient (Wildman–Crippen LogP) is 3.45. The molecule has 0 radical (unpaired) electrons. The van der Waals surface area contributed by atoms with Crippen molar-refractivity contribution in [3.05, 3.63) is 53.3 Å². The summed E-state index contributed by atoms with van der Waals surface area (Å²) in [6.07, 6.45) is -4.04. The molecule has 4 heterocycles. The number of carbonyl (C=O) groups is 2. The quantitative estimate of drug-likeness (QED) is 0.324. The topological polar surface area (TPSA) is 158 Å². The van der Waals surface area contributed by atoms with E-state index in [1.165, 1.54) is 29.1 Å². The molecule has 0 saturated carbocycles. The number of ether oxygens (including phenoxy) is 2. The van der Waals surface area contributed by atoms with Gasteiger partial charge in [-0.2, -0.15) is 28.2 Å². The van der Waals surface area contributed by atoms with E-state index in [0.29, 0.717) is 50.4 Å². The summed E-state index contributed by atoms with van der Waals surface area (Å²) in [5, 5.41) is 16.6. The van der Waals surface area contributed by atoms with Crippen LogP contribution in [-0.2, 0) is 9.53 Å². The molecule has 0 bridgehead atoms. The number of carboxylic acid groups (broad SMARTS) is 1. The van der Waals surface area contributed by atoms with Crippen molar-refractivity contribution in [1.29, 1.82) is 0 Å². The minimum Gasteiger partial charge on any atom is -0.480 e. The van der Waals surface area contributed by atoms with E-state index in [0.717, 1.165) is 6.07 Å². The number of aryl methyl sites for hydroxylation is 1. The number of carbonyl (C=O) groups excluding carboxylic acids is 1. The first-order valence-corrected chi connectivity index (χ1v) is 13.8. The standard InChI is InChI=1S/C28H32F3N7O5/c1-3-42-25(41)17-4-5-18(20(12-17)38-9-6-16(2)36-38)23(28(29,30)31)43-22-13-21(34-26(32)35-22)37-10-7-27(8-11-37)14-19(24(39)40)33-15-27/h4-6,9,12-13,19,23,33H,3,7-8,10-11,14-15H2,1-2H3,(H,39,40)(H2,32,34,35)/t19?,23-/m1/s1. The number of aliphatic carboxylic acids is 1. The highest BCUT2D eigenvalue weighted by molar-refractivity contribution is 5.90. The molecule has 2 aliphatic heterocycles. The lowest BCUT2D eigenvalue weighted by molar-refractivity contribution is -0.198. The molecule has 12 nitrogen and oxygen atoms in total. The van der Waals surface area contributed by atoms with Gasteiger partial charge in [0.1, 0.15) is 11.9 Å². The molecule has 43 heavy (non-hydrogen) atoms. The number of nitrogens with two attached hydrogens (primary N) is 1. The third-order valence-corrected chi connectivity index (χ3v) is 7.84. The Balaban J connectivity index is 1.43. The summed E-state index contributed by atoms with van der Waals surface area (Å²) in [5.41, 5.74) is 6.03. The molecular formula is C28H32F3N7O5. The number of alkyl halides is 3. The van der Waals surface area contributed by atoms with Crippen LogP contribution in [0.15, 0.2) is 36.5 Å². The maximum absolute atomic E-state index is 14.6. The highest BCUT2D eigenvalue weighted by atomic mass is 19.4. The van der Waals surface area contributed by atoms with Crippen LogP contribution < -0.4 is 20.7 Å². The van der Waals surface area contributed by atoms with Gasteiger partial charge in [0, 0.05) is 37.5 Å². The Morgan fingerprint density at radius 1 is 1.21 bits per heavy atom. The molecule has 1 aromatic carbocycles. The molecule has 15 heteroatoms. The van der Waals surface area contributed by atoms with Crippen molar-refractivity contribution in [3.8, 4) is 11.6 Å². The monoisotopic (exact) mass is 603 g/mol. The number of anilines is 2. The minimum atomic E-state index is -4.89. The van der Waals surface area contributed by atoms with Gasteiger partial charge in [-0.25, -0.2) is 9.48 Å². The van der Waals surface area contributed by atoms with Crippen molar-refractivity contribution in [3.63, 3.8) is 0 Å². The van der Waals surface area contributed by atoms with Crippen LogP contribution in [0.2, 0.25) is 0 Å². The molecule has 1 spiro atoms. The highest BCUT2D eigenvalue weighted by Crippen LogP contribution is 2.42. The minimum absolute atomic E-state index is 0.0191. The third kappa shape index (κ3) is 6.50. The number of rotatable bonds is 8. The van der Waals surface area contributed by atoms with Crippen molar-refractivity contribution in [2.45, 2.75) is 51.4 Å². The zero-order valence-corrected chi connectivity index (χ0v) is 23.6. The third-order valence-electron chi connectivity index (χ3n) is 7.84. The lowest BCUT2D eigenvalue weighted by Gasteiger charge is -2.39. The number of nitrogens with zero attached hydrogens (tertiary/aromatic N) is 5. The summed E-state index contributed by atoms with van der Waals surface area (Å²) in [6.45, 7) is 5.00. The van der Waals surface area contributed by atoms with Crippen LogP contribution >= 0.6 is 0 Å². The van der Waals surface area contributed by atoms with Gasteiger partial charge in [-0.05, 0) is 56.7 Å². The SMILES string of the molecule is CCOC(=O)c1ccc([C@@H](Oc2cc(N3CCC4(CC3)CNC(C(=O)O)C4)nc(N)n2)C(F)(F)F)c(-n2ccc(C)n2)c1. The fourth-order valence-corrected chi connectivity index (χ4v) is 5.62. The molecule has 2 saturated heterocycles. The number of nitrogens with one attached hydrogen (secondary N) is 1. The summed E-state index contributed by atoms with van der Waals surface area (Å²) in [4.78, 5) is 33.8. The Bertz CT molecular complexity index is 1500. The second-order valence-electron chi connectivity index (χ2n) is 10.8. The molecule has 2 aromatic heterocycles. The molecule has 230 valence electrons. The molecule has 2 aliphatic rings. The van der Waals surface area contributed by atoms with Crippen molar-refractivity contribution in [2.24, 2.45) is 5.41 Å². The summed E-state index contributed by atoms with van der Waals surface area (Å²) >= 11 is 0. The number of carboxylic acids is 1. The second kappa shape index (κ2) is 11.7. The molecule has 2 atom stereocenters. The van der Waals surface area contributed by atoms with Crippen LogP contribution in [0.25, 0.3) is 5.69 Å². The van der Waals surface area contributed by atoms with Crippen LogP contribution in [0.4, 0.5) is 24.9 Å². The van der Waals surface area contributed by atoms with Gasteiger partial charge in [-0.15, -0.1) is 0 Å². The molecular weight excluding hydrogens is 571 g/mol. The Kier molecular flexibility index (Phi) is 8.18. The number of benzene rings is 1. The van der Waals surface area contributed by atoms with E-state index < -0.39 is 30.3 Å². The van der Waals surface area contributed by atoms with E-state index in [9.17, 15) is 27.9 Å². The predicted molar refractivity (Wildman–Crippen MR) is 148 cm³/mol. The molecule has 1 unspecified atom stereocenters. The van der Waals surface area contributed by atoms with Gasteiger partial charge in [0.05, 0.1) is 23.6 Å². The number of piperidine rings is 1. The van der Waals surface area contributed by atoms with Crippen LogP contribution in [0.5, 0.6) is 5.88 Å². The average molecular weight is 604 g/mol. The first-order chi connectivity index (χ1) is 20.4. The summed E-state index contributed by atoms with van der Waals surface area (Å²) in [7, 11) is 0. The van der Waals surface area contributed by atoms with Crippen molar-refractivity contribution in [2.75, 3.05) is 36.9 Å². The first kappa shape index (κ1) is 30.1. The molecule has 0 aliphatic carbocycles. The number of aromatic nitrogens is 4. The molecule has 5 rings (SSSR count). The van der Waals surface area contributed by atoms with E-state index in [1.807, 2.05) is 4.90 Å². The molecule has 3 aromatic rings. The molecule has 2 fully saturated rings. The largest absolute Gasteiger partial charge is 0.480 e. The Hall–Kier alpha value is -4.40. The van der Waals surface area contributed by atoms with Crippen molar-refractivity contribution < 1.29 is 37.3 Å². The van der Waals surface area contributed by atoms with Gasteiger partial charge in [0.15, 0.2) is 0 Å². The lowest BCUT2D eigenvalue weighted by Crippen LogP contribution is -2.41. The number of hydrogen-bond donors (Lipinski definition) is 3. The van der Waals surface area contributed by atoms with E-state index in [2.05, 4.69) is 20.4 Å². The normalized spacial score (nSPS) is 18.9. The molecule has 4 N–H and O–H groups in total. The van der Waals surface area contributed by atoms with Crippen molar-refractivity contribution >= 4 is 23.7 Å². The van der Waals surface area contributed by atoms with Crippen LogP contribution in [-0.4, -0.2) is 75.3 Å². The first-order valence-electron chi connectivity index (χ1n) is 13.8. The maximum atomic E-state index is 14.6. The highest BCUT2D eigenvalue weighted by Gasteiger charge is 2.46. The Morgan fingerprint density at radius 2 is 1.95 bits per heavy atom. The smallest absolute Gasteiger partial charge is 0.429 e. The Labute approximate surface area is 245 Å². The average Bonchev–Trinajstić information content (AvgIpc) is 3.58. The van der Waals surface area contributed by atoms with Gasteiger partial charge < -0.3 is 30.5 Å². The zero-order chi connectivity index (χ0) is 30.9. The van der Waals surface area contributed by atoms with Crippen LogP contribution in [0.3, 0.4) is 0 Å². The molecule has 0 amide bonds. The maximum Gasteiger partial charge on any atom is 0.429 e. The van der Waals surface area contributed by atoms with Gasteiger partial charge in [0.25, 0.3) is 0 Å². The van der Waals surface area contributed by atoms with Crippen LogP contribution in [0, 0.1) is 12.3 Å². The second-order valence-corrected chi connectivity index (χ2v) is 10.8. The lowest BCUT2D eigenvalue weighted by atomic mass is 9.76. The van der Waals surface area contributed by atoms with E-state index in [-0.39, 0.29) is 40.7 Å². The summed E-state index contributed by atoms with van der Waals surface area (Å²) in [5.74, 6) is -1.91. The number of halogens is 3. The van der Waals surface area contributed by atoms with Gasteiger partial charge >= 0.3 is 18.1 Å². The van der Waals surface area contributed by atoms with Crippen molar-refractivity contribution in [1.82, 2.24) is 25.1 Å². The van der Waals surface area contributed by atoms with E-state index in [4.69, 9.17) is 15.2 Å². The van der Waals surface area contributed by atoms with Crippen LogP contribution in [0.1, 0.15) is 53.9 Å². The Morgan fingerprint density at radius 3 is 2.56 bits per heavy atom. The summed E-state index contributed by atoms with van der Waals surface area (Å²) in [6, 6.07) is 6.01. The number of esters is 1. The zero-order valence-electron chi connectivity index (χ0n) is 23.6. The van der Waals surface area contributed by atoms with E-state index in [1.54, 1.807) is 19.9 Å². The fraction of sp³-hybridized carbons (Fsp3) is 0.464. The van der Waals surface area contributed by atoms with E-state index >= 15 is 0 Å². The van der Waals surface area contributed by atoms with Gasteiger partial charge in [-0.1, -0.05) is 6.07 Å².